The minimum atomic E-state index is 1.17. The molecule has 6 heteroatoms. The molecule has 0 aliphatic heterocycles. The van der Waals surface area contributed by atoms with Gasteiger partial charge in [-0.1, -0.05) is 346 Å². The van der Waals surface area contributed by atoms with Crippen molar-refractivity contribution in [2.75, 3.05) is 0 Å². The SMILES string of the molecule is c1ccc(-n2c3ccccc3c3c4ccccc4c(-c4cc5[nH]c6ccccc6c5c5ccccc45)cc32)cc1.c1ccc(-n2c3ccccc3c3ccc(-c4ccc(-c5cc6[nH]c7ccccc7c6c6ccccc56)c5ccccc45)cc32)cc1.c1ccc(-n2c3ccccc3c3ccc(-c4ccc5cc(-c6cc7[nH]c8ccccc8c7c7ccccc67)ccc5c4)cc32)cc1. The molecule has 6 aromatic heterocycles. The van der Waals surface area contributed by atoms with Gasteiger partial charge in [0.05, 0.1) is 33.1 Å². The van der Waals surface area contributed by atoms with Crippen LogP contribution in [0.3, 0.4) is 0 Å². The van der Waals surface area contributed by atoms with E-state index in [0.717, 1.165) is 0 Å². The Morgan fingerprint density at radius 3 is 0.864 bits per heavy atom. The Hall–Kier alpha value is -17.6. The molecule has 6 nitrogen and oxygen atoms in total. The molecule has 0 unspecified atom stereocenters. The largest absolute Gasteiger partial charge is 0.354 e. The fraction of sp³-hybridized carbons (Fsp3) is 0. The molecule has 0 spiro atoms. The zero-order valence-electron chi connectivity index (χ0n) is 71.8. The number of aromatic nitrogens is 6. The standard InChI is InChI=1S/2C44H28N2.C38H24N2/c1-2-10-33(11-3-1)46-42-17-9-7-13-35(42)36-23-22-31(26-43(36)46)29-18-19-30-25-32(21-20-28(30)24-29)39-27-41-44(37-14-5-4-12-34(37)39)38-15-6-8-16-40(38)45-41;1-2-12-29(13-3-1)46-42-21-11-9-17-35(42)36-23-22-28(26-43(36)46)30-24-25-34(32-15-5-4-14-31(30)32)39-27-41-44(37-18-7-6-16-33(37)39)38-19-8-10-20-40(38)45-41;1-2-12-24(13-3-1)40-35-21-11-9-19-30(35)38-28-17-7-5-15-26(28)32(23-36(38)40)31-22-34-37(27-16-6-4-14-25(27)31)29-18-8-10-20-33(29)39-34/h2*1-27,45H;1-23,39H. The third kappa shape index (κ3) is 11.8. The van der Waals surface area contributed by atoms with Gasteiger partial charge in [0, 0.05) is 115 Å². The zero-order valence-corrected chi connectivity index (χ0v) is 71.8. The van der Waals surface area contributed by atoms with Crippen LogP contribution in [-0.4, -0.2) is 28.7 Å². The number of H-pyrrole nitrogens is 3. The van der Waals surface area contributed by atoms with Crippen LogP contribution in [-0.2, 0) is 0 Å². The molecule has 132 heavy (non-hydrogen) atoms. The monoisotopic (exact) mass is 1680 g/mol. The molecule has 0 aliphatic carbocycles. The third-order valence-corrected chi connectivity index (χ3v) is 27.9. The molecule has 614 valence electrons. The Morgan fingerprint density at radius 2 is 0.402 bits per heavy atom. The number of nitrogens with zero attached hydrogens (tertiary/aromatic N) is 3. The number of nitrogens with one attached hydrogen (secondary N) is 3. The van der Waals surface area contributed by atoms with Gasteiger partial charge in [-0.15, -0.1) is 0 Å². The number of benzene rings is 23. The topological polar surface area (TPSA) is 62.2 Å². The van der Waals surface area contributed by atoms with E-state index in [1.165, 1.54) is 268 Å². The zero-order chi connectivity index (χ0) is 86.6. The van der Waals surface area contributed by atoms with Crippen molar-refractivity contribution in [3.05, 3.63) is 467 Å². The Balaban J connectivity index is 0.000000102. The highest BCUT2D eigenvalue weighted by Gasteiger charge is 2.25. The van der Waals surface area contributed by atoms with Crippen molar-refractivity contribution in [1.29, 1.82) is 0 Å². The fourth-order valence-corrected chi connectivity index (χ4v) is 22.1. The first-order valence-electron chi connectivity index (χ1n) is 45.5. The van der Waals surface area contributed by atoms with Gasteiger partial charge >= 0.3 is 0 Å². The average molecular weight is 1680 g/mol. The summed E-state index contributed by atoms with van der Waals surface area (Å²) in [5.41, 5.74) is 30.2. The van der Waals surface area contributed by atoms with Crippen molar-refractivity contribution in [1.82, 2.24) is 28.7 Å². The van der Waals surface area contributed by atoms with Crippen molar-refractivity contribution >= 4 is 195 Å². The maximum Gasteiger partial charge on any atom is 0.0553 e. The summed E-state index contributed by atoms with van der Waals surface area (Å²) in [6.45, 7) is 0. The molecule has 0 radical (unpaired) electrons. The molecule has 23 aromatic carbocycles. The number of para-hydroxylation sites is 9. The van der Waals surface area contributed by atoms with Crippen LogP contribution in [0.15, 0.2) is 467 Å². The van der Waals surface area contributed by atoms with Gasteiger partial charge in [0.25, 0.3) is 0 Å². The van der Waals surface area contributed by atoms with E-state index in [9.17, 15) is 0 Å². The van der Waals surface area contributed by atoms with Gasteiger partial charge in [-0.2, -0.15) is 0 Å². The molecular weight excluding hydrogens is 1600 g/mol. The van der Waals surface area contributed by atoms with Gasteiger partial charge in [0.2, 0.25) is 0 Å². The summed E-state index contributed by atoms with van der Waals surface area (Å²) in [4.78, 5) is 11.1. The number of hydrogen-bond donors (Lipinski definition) is 3. The van der Waals surface area contributed by atoms with Crippen molar-refractivity contribution in [2.24, 2.45) is 0 Å². The Labute approximate surface area is 758 Å². The first-order valence-corrected chi connectivity index (χ1v) is 45.5. The van der Waals surface area contributed by atoms with E-state index < -0.39 is 0 Å². The molecular formula is C126H80N6. The van der Waals surface area contributed by atoms with Crippen LogP contribution in [0.2, 0.25) is 0 Å². The lowest BCUT2D eigenvalue weighted by Crippen LogP contribution is -1.94. The fourth-order valence-electron chi connectivity index (χ4n) is 22.1. The van der Waals surface area contributed by atoms with E-state index in [-0.39, 0.29) is 0 Å². The van der Waals surface area contributed by atoms with Crippen LogP contribution >= 0.6 is 0 Å². The Morgan fingerprint density at radius 1 is 0.129 bits per heavy atom. The van der Waals surface area contributed by atoms with Crippen molar-refractivity contribution in [3.63, 3.8) is 0 Å². The molecule has 0 amide bonds. The molecule has 29 rings (SSSR count). The van der Waals surface area contributed by atoms with Crippen molar-refractivity contribution in [3.8, 4) is 72.7 Å². The number of aromatic amines is 3. The lowest BCUT2D eigenvalue weighted by molar-refractivity contribution is 1.18. The maximum atomic E-state index is 3.72. The van der Waals surface area contributed by atoms with E-state index in [1.807, 2.05) is 0 Å². The quantitative estimate of drug-likeness (QED) is 0.136. The highest BCUT2D eigenvalue weighted by atomic mass is 15.0. The van der Waals surface area contributed by atoms with Gasteiger partial charge in [0.1, 0.15) is 0 Å². The van der Waals surface area contributed by atoms with Crippen LogP contribution in [0.4, 0.5) is 0 Å². The molecule has 0 atom stereocenters. The molecule has 0 saturated heterocycles. The number of fused-ring (bicyclic) bond motifs is 28. The van der Waals surface area contributed by atoms with Crippen LogP contribution < -0.4 is 0 Å². The predicted octanol–water partition coefficient (Wildman–Crippen LogP) is 34.5. The molecule has 0 fully saturated rings. The highest BCUT2D eigenvalue weighted by molar-refractivity contribution is 6.30. The second kappa shape index (κ2) is 30.0. The van der Waals surface area contributed by atoms with Gasteiger partial charge in [-0.05, 0) is 242 Å². The summed E-state index contributed by atoms with van der Waals surface area (Å²) >= 11 is 0. The normalized spacial score (nSPS) is 11.9. The van der Waals surface area contributed by atoms with Gasteiger partial charge in [-0.25, -0.2) is 0 Å². The van der Waals surface area contributed by atoms with Gasteiger partial charge in [-0.3, -0.25) is 0 Å². The molecule has 0 saturated carbocycles. The second-order valence-corrected chi connectivity index (χ2v) is 35.1. The smallest absolute Gasteiger partial charge is 0.0553 e. The minimum Gasteiger partial charge on any atom is -0.354 e. The van der Waals surface area contributed by atoms with E-state index in [0.29, 0.717) is 0 Å². The number of rotatable bonds is 8. The minimum absolute atomic E-state index is 1.17. The van der Waals surface area contributed by atoms with E-state index in [1.54, 1.807) is 0 Å². The first-order chi connectivity index (χ1) is 65.5. The molecule has 29 aromatic rings. The third-order valence-electron chi connectivity index (χ3n) is 27.9. The molecule has 6 heterocycles. The summed E-state index contributed by atoms with van der Waals surface area (Å²) in [5.74, 6) is 0. The molecule has 0 bridgehead atoms. The van der Waals surface area contributed by atoms with Crippen molar-refractivity contribution in [2.45, 2.75) is 0 Å². The first kappa shape index (κ1) is 74.6. The van der Waals surface area contributed by atoms with Crippen LogP contribution in [0.1, 0.15) is 0 Å². The average Bonchev–Trinajstić information content (AvgIpc) is 1.54. The summed E-state index contributed by atoms with van der Waals surface area (Å²) in [5, 5.41) is 30.5. The summed E-state index contributed by atoms with van der Waals surface area (Å²) < 4.78 is 7.20. The van der Waals surface area contributed by atoms with E-state index in [4.69, 9.17) is 0 Å². The lowest BCUT2D eigenvalue weighted by Gasteiger charge is -2.15. The Kier molecular flexibility index (Phi) is 17.0. The Bertz CT molecular complexity index is 9800. The number of hydrogen-bond acceptors (Lipinski definition) is 0. The highest BCUT2D eigenvalue weighted by Crippen LogP contribution is 2.49. The summed E-state index contributed by atoms with van der Waals surface area (Å²) in [6, 6.07) is 170. The lowest BCUT2D eigenvalue weighted by atomic mass is 9.89. The molecule has 3 N–H and O–H groups in total. The van der Waals surface area contributed by atoms with Gasteiger partial charge in [0.15, 0.2) is 0 Å². The van der Waals surface area contributed by atoms with Crippen LogP contribution in [0.25, 0.3) is 268 Å². The van der Waals surface area contributed by atoms with E-state index in [2.05, 4.69) is 496 Å². The summed E-state index contributed by atoms with van der Waals surface area (Å²) in [6.07, 6.45) is 0. The van der Waals surface area contributed by atoms with Gasteiger partial charge < -0.3 is 28.7 Å². The van der Waals surface area contributed by atoms with Crippen LogP contribution in [0, 0.1) is 0 Å². The summed E-state index contributed by atoms with van der Waals surface area (Å²) in [7, 11) is 0. The maximum absolute atomic E-state index is 3.72. The molecule has 0 aliphatic rings. The van der Waals surface area contributed by atoms with Crippen LogP contribution in [0.5, 0.6) is 0 Å². The predicted molar refractivity (Wildman–Crippen MR) is 563 cm³/mol. The second-order valence-electron chi connectivity index (χ2n) is 35.1. The van der Waals surface area contributed by atoms with E-state index >= 15 is 0 Å². The van der Waals surface area contributed by atoms with Crippen molar-refractivity contribution < 1.29 is 0 Å².